The Morgan fingerprint density at radius 1 is 1.19 bits per heavy atom. The lowest BCUT2D eigenvalue weighted by molar-refractivity contribution is -0.138. The second-order valence-corrected chi connectivity index (χ2v) is 6.87. The van der Waals surface area contributed by atoms with Crippen molar-refractivity contribution < 1.29 is 18.0 Å². The summed E-state index contributed by atoms with van der Waals surface area (Å²) in [6, 6.07) is 5.64. The number of nitrogen functional groups attached to an aromatic ring is 1. The van der Waals surface area contributed by atoms with Gasteiger partial charge in [0.05, 0.1) is 11.1 Å². The first-order valence-corrected chi connectivity index (χ1v) is 8.67. The molecule has 0 aliphatic carbocycles. The second-order valence-electron chi connectivity index (χ2n) is 6.87. The van der Waals surface area contributed by atoms with E-state index in [-0.39, 0.29) is 11.4 Å². The topological polar surface area (TPSA) is 84.1 Å². The van der Waals surface area contributed by atoms with Crippen LogP contribution in [0.25, 0.3) is 0 Å². The predicted molar refractivity (Wildman–Crippen MR) is 93.5 cm³/mol. The molecule has 2 saturated heterocycles. The molecule has 2 atom stereocenters. The van der Waals surface area contributed by atoms with Crippen LogP contribution in [0.1, 0.15) is 34.5 Å². The molecule has 4 rings (SSSR count). The first-order chi connectivity index (χ1) is 12.8. The Morgan fingerprint density at radius 3 is 2.52 bits per heavy atom. The van der Waals surface area contributed by atoms with E-state index in [4.69, 9.17) is 5.73 Å². The number of piperazine rings is 1. The third-order valence-electron chi connectivity index (χ3n) is 5.02. The number of pyridine rings is 2. The molecular formula is C18H18F3N5O. The second kappa shape index (κ2) is 6.49. The lowest BCUT2D eigenvalue weighted by atomic mass is 10.0. The van der Waals surface area contributed by atoms with E-state index in [9.17, 15) is 18.0 Å². The van der Waals surface area contributed by atoms with Crippen molar-refractivity contribution in [1.29, 1.82) is 0 Å². The predicted octanol–water partition coefficient (Wildman–Crippen LogP) is 2.25. The number of alkyl halides is 3. The molecule has 0 spiro atoms. The highest BCUT2D eigenvalue weighted by Gasteiger charge is 2.38. The fraction of sp³-hybridized carbons (Fsp3) is 0.389. The summed E-state index contributed by atoms with van der Waals surface area (Å²) in [4.78, 5) is 22.6. The fourth-order valence-corrected chi connectivity index (χ4v) is 3.75. The highest BCUT2D eigenvalue weighted by atomic mass is 19.4. The Hall–Kier alpha value is -2.68. The molecule has 0 saturated carbocycles. The molecule has 2 bridgehead atoms. The molecular weight excluding hydrogens is 359 g/mol. The lowest BCUT2D eigenvalue weighted by Gasteiger charge is -2.34. The standard InChI is InChI=1S/C18H18F3N5O/c19-18(20,21)13-5-6-14(26-8-10-3-4-11(9-26)24-10)25-15(13)16(27)12-2-1-7-23-17(12)22/h1-2,5-7,10-11,24H,3-4,8-9H2,(H2,22,23). The average molecular weight is 377 g/mol. The van der Waals surface area contributed by atoms with Crippen LogP contribution in [-0.4, -0.2) is 40.9 Å². The number of carbonyl (C=O) groups is 1. The van der Waals surface area contributed by atoms with Crippen LogP contribution >= 0.6 is 0 Å². The molecule has 27 heavy (non-hydrogen) atoms. The zero-order valence-corrected chi connectivity index (χ0v) is 14.3. The number of nitrogens with two attached hydrogens (primary N) is 1. The summed E-state index contributed by atoms with van der Waals surface area (Å²) in [6.07, 6.45) is -1.27. The molecule has 0 aromatic carbocycles. The summed E-state index contributed by atoms with van der Waals surface area (Å²) in [6.45, 7) is 1.30. The number of ketones is 1. The highest BCUT2D eigenvalue weighted by molar-refractivity contribution is 6.11. The van der Waals surface area contributed by atoms with Crippen molar-refractivity contribution >= 4 is 17.4 Å². The molecule has 2 aliphatic heterocycles. The summed E-state index contributed by atoms with van der Waals surface area (Å²) >= 11 is 0. The van der Waals surface area contributed by atoms with Crippen molar-refractivity contribution in [3.8, 4) is 0 Å². The van der Waals surface area contributed by atoms with Gasteiger partial charge in [0.25, 0.3) is 0 Å². The smallest absolute Gasteiger partial charge is 0.383 e. The molecule has 6 nitrogen and oxygen atoms in total. The summed E-state index contributed by atoms with van der Waals surface area (Å²) in [7, 11) is 0. The molecule has 2 aliphatic rings. The average Bonchev–Trinajstić information content (AvgIpc) is 2.98. The van der Waals surface area contributed by atoms with Crippen LogP contribution in [0.4, 0.5) is 24.8 Å². The van der Waals surface area contributed by atoms with Crippen LogP contribution < -0.4 is 16.0 Å². The number of carbonyl (C=O) groups excluding carboxylic acids is 1. The first-order valence-electron chi connectivity index (χ1n) is 8.67. The van der Waals surface area contributed by atoms with Gasteiger partial charge >= 0.3 is 6.18 Å². The summed E-state index contributed by atoms with van der Waals surface area (Å²) in [5.41, 5.74) is 3.87. The van der Waals surface area contributed by atoms with Gasteiger partial charge in [0.15, 0.2) is 0 Å². The number of fused-ring (bicyclic) bond motifs is 2. The van der Waals surface area contributed by atoms with Gasteiger partial charge in [-0.1, -0.05) is 0 Å². The van der Waals surface area contributed by atoms with Crippen molar-refractivity contribution in [2.75, 3.05) is 23.7 Å². The lowest BCUT2D eigenvalue weighted by Crippen LogP contribution is -2.51. The summed E-state index contributed by atoms with van der Waals surface area (Å²) in [5.74, 6) is -0.636. The van der Waals surface area contributed by atoms with Crippen molar-refractivity contribution in [3.63, 3.8) is 0 Å². The van der Waals surface area contributed by atoms with Crippen molar-refractivity contribution in [1.82, 2.24) is 15.3 Å². The number of nitrogens with zero attached hydrogens (tertiary/aromatic N) is 3. The van der Waals surface area contributed by atoms with Crippen LogP contribution in [0.3, 0.4) is 0 Å². The number of hydrogen-bond donors (Lipinski definition) is 2. The van der Waals surface area contributed by atoms with Gasteiger partial charge in [0.1, 0.15) is 17.3 Å². The molecule has 2 fully saturated rings. The summed E-state index contributed by atoms with van der Waals surface area (Å²) in [5, 5.41) is 3.46. The van der Waals surface area contributed by atoms with Crippen LogP contribution in [0, 0.1) is 0 Å². The van der Waals surface area contributed by atoms with E-state index in [1.54, 1.807) is 0 Å². The molecule has 2 aromatic rings. The van der Waals surface area contributed by atoms with Crippen LogP contribution in [0.2, 0.25) is 0 Å². The Labute approximate surface area is 153 Å². The van der Waals surface area contributed by atoms with E-state index in [0.29, 0.717) is 31.0 Å². The van der Waals surface area contributed by atoms with Crippen LogP contribution in [0.5, 0.6) is 0 Å². The minimum atomic E-state index is -4.70. The number of nitrogens with one attached hydrogen (secondary N) is 1. The fourth-order valence-electron chi connectivity index (χ4n) is 3.75. The molecule has 0 radical (unpaired) electrons. The van der Waals surface area contributed by atoms with Crippen molar-refractivity contribution in [2.45, 2.75) is 31.1 Å². The van der Waals surface area contributed by atoms with E-state index < -0.39 is 23.2 Å². The molecule has 2 aromatic heterocycles. The quantitative estimate of drug-likeness (QED) is 0.799. The zero-order chi connectivity index (χ0) is 19.2. The van der Waals surface area contributed by atoms with Gasteiger partial charge in [-0.3, -0.25) is 4.79 Å². The van der Waals surface area contributed by atoms with Gasteiger partial charge in [-0.25, -0.2) is 9.97 Å². The minimum absolute atomic E-state index is 0.0898. The molecule has 142 valence electrons. The van der Waals surface area contributed by atoms with Gasteiger partial charge in [0, 0.05) is 31.4 Å². The van der Waals surface area contributed by atoms with Gasteiger partial charge in [-0.05, 0) is 37.1 Å². The molecule has 4 heterocycles. The maximum Gasteiger partial charge on any atom is 0.418 e. The molecule has 9 heteroatoms. The third kappa shape index (κ3) is 3.34. The van der Waals surface area contributed by atoms with Crippen LogP contribution in [0.15, 0.2) is 30.5 Å². The Bertz CT molecular complexity index is 874. The third-order valence-corrected chi connectivity index (χ3v) is 5.02. The first kappa shape index (κ1) is 17.7. The number of halogens is 3. The van der Waals surface area contributed by atoms with Gasteiger partial charge < -0.3 is 16.0 Å². The Kier molecular flexibility index (Phi) is 4.26. The molecule has 0 amide bonds. The van der Waals surface area contributed by atoms with E-state index in [0.717, 1.165) is 18.9 Å². The highest BCUT2D eigenvalue weighted by Crippen LogP contribution is 2.34. The maximum atomic E-state index is 13.5. The molecule has 2 unspecified atom stereocenters. The van der Waals surface area contributed by atoms with Crippen LogP contribution in [-0.2, 0) is 6.18 Å². The van der Waals surface area contributed by atoms with E-state index in [2.05, 4.69) is 15.3 Å². The van der Waals surface area contributed by atoms with Gasteiger partial charge in [-0.15, -0.1) is 0 Å². The number of anilines is 2. The van der Waals surface area contributed by atoms with E-state index >= 15 is 0 Å². The van der Waals surface area contributed by atoms with E-state index in [1.165, 1.54) is 24.4 Å². The largest absolute Gasteiger partial charge is 0.418 e. The minimum Gasteiger partial charge on any atom is -0.383 e. The number of aromatic nitrogens is 2. The van der Waals surface area contributed by atoms with E-state index in [1.807, 2.05) is 4.90 Å². The van der Waals surface area contributed by atoms with Crippen molar-refractivity contribution in [2.24, 2.45) is 0 Å². The van der Waals surface area contributed by atoms with Gasteiger partial charge in [-0.2, -0.15) is 13.2 Å². The number of hydrogen-bond acceptors (Lipinski definition) is 6. The Morgan fingerprint density at radius 2 is 1.89 bits per heavy atom. The normalized spacial score (nSPS) is 22.1. The number of rotatable bonds is 3. The molecule has 3 N–H and O–H groups in total. The summed E-state index contributed by atoms with van der Waals surface area (Å²) < 4.78 is 40.4. The van der Waals surface area contributed by atoms with Gasteiger partial charge in [0.2, 0.25) is 5.78 Å². The monoisotopic (exact) mass is 377 g/mol. The zero-order valence-electron chi connectivity index (χ0n) is 14.3. The SMILES string of the molecule is Nc1ncccc1C(=O)c1nc(N2CC3CCC(C2)N3)ccc1C(F)(F)F. The van der Waals surface area contributed by atoms with Crippen molar-refractivity contribution in [3.05, 3.63) is 47.3 Å². The maximum absolute atomic E-state index is 13.5. The Balaban J connectivity index is 1.76.